The molecule has 0 saturated carbocycles. The van der Waals surface area contributed by atoms with Gasteiger partial charge in [-0.1, -0.05) is 6.92 Å². The summed E-state index contributed by atoms with van der Waals surface area (Å²) in [6.45, 7) is 8.20. The minimum atomic E-state index is -0.207. The molecule has 0 bridgehead atoms. The van der Waals surface area contributed by atoms with Gasteiger partial charge in [0.2, 0.25) is 0 Å². The highest BCUT2D eigenvalue weighted by atomic mass is 32.1. The second-order valence-corrected chi connectivity index (χ2v) is 6.58. The van der Waals surface area contributed by atoms with Crippen LogP contribution in [-0.4, -0.2) is 25.2 Å². The van der Waals surface area contributed by atoms with Gasteiger partial charge in [0.1, 0.15) is 10.6 Å². The third-order valence-electron chi connectivity index (χ3n) is 4.11. The van der Waals surface area contributed by atoms with Crippen LogP contribution in [0, 0.1) is 0 Å². The van der Waals surface area contributed by atoms with Crippen molar-refractivity contribution in [2.45, 2.75) is 58.0 Å². The molecule has 1 aromatic heterocycles. The van der Waals surface area contributed by atoms with Crippen LogP contribution in [-0.2, 0) is 16.8 Å². The third-order valence-corrected chi connectivity index (χ3v) is 5.49. The molecule has 19 heavy (non-hydrogen) atoms. The number of hydrogen-bond acceptors (Lipinski definition) is 4. The first kappa shape index (κ1) is 14.9. The van der Waals surface area contributed by atoms with E-state index in [1.165, 1.54) is 34.8 Å². The number of thiazole rings is 1. The Hall–Kier alpha value is -0.450. The standard InChI is InChI=1S/C15H26N2OS/c1-5-15(3,18-6-2)14-17-13-11(10-16-4)8-7-9-12(13)19-14/h11,16H,5-10H2,1-4H3. The van der Waals surface area contributed by atoms with Crippen LogP contribution in [0.5, 0.6) is 0 Å². The van der Waals surface area contributed by atoms with E-state index in [9.17, 15) is 0 Å². The predicted molar refractivity (Wildman–Crippen MR) is 81.0 cm³/mol. The average Bonchev–Trinajstić information content (AvgIpc) is 2.85. The molecule has 0 amide bonds. The highest BCUT2D eigenvalue weighted by molar-refractivity contribution is 7.11. The average molecular weight is 282 g/mol. The van der Waals surface area contributed by atoms with Gasteiger partial charge in [-0.3, -0.25) is 0 Å². The van der Waals surface area contributed by atoms with E-state index in [-0.39, 0.29) is 5.60 Å². The van der Waals surface area contributed by atoms with Gasteiger partial charge in [0, 0.05) is 23.9 Å². The first-order chi connectivity index (χ1) is 9.14. The van der Waals surface area contributed by atoms with E-state index in [0.717, 1.165) is 19.6 Å². The minimum Gasteiger partial charge on any atom is -0.368 e. The first-order valence-corrected chi connectivity index (χ1v) is 8.24. The maximum absolute atomic E-state index is 5.97. The summed E-state index contributed by atoms with van der Waals surface area (Å²) >= 11 is 1.87. The highest BCUT2D eigenvalue weighted by Gasteiger charge is 2.32. The zero-order valence-electron chi connectivity index (χ0n) is 12.6. The van der Waals surface area contributed by atoms with Crippen LogP contribution in [0.25, 0.3) is 0 Å². The molecule has 0 fully saturated rings. The lowest BCUT2D eigenvalue weighted by molar-refractivity contribution is -0.0325. The molecule has 2 unspecified atom stereocenters. The minimum absolute atomic E-state index is 0.207. The third kappa shape index (κ3) is 3.01. The number of ether oxygens (including phenoxy) is 1. The molecule has 1 heterocycles. The summed E-state index contributed by atoms with van der Waals surface area (Å²) in [6, 6.07) is 0. The summed E-state index contributed by atoms with van der Waals surface area (Å²) in [6.07, 6.45) is 4.72. The van der Waals surface area contributed by atoms with Gasteiger partial charge < -0.3 is 10.1 Å². The SMILES string of the molecule is CCOC(C)(CC)c1nc2c(s1)CCCC2CNC. The number of aryl methyl sites for hydroxylation is 1. The highest BCUT2D eigenvalue weighted by Crippen LogP contribution is 2.40. The molecule has 4 heteroatoms. The molecule has 108 valence electrons. The molecule has 0 aliphatic heterocycles. The van der Waals surface area contributed by atoms with Crippen LogP contribution >= 0.6 is 11.3 Å². The summed E-state index contributed by atoms with van der Waals surface area (Å²) in [5, 5.41) is 4.47. The van der Waals surface area contributed by atoms with E-state index in [4.69, 9.17) is 9.72 Å². The first-order valence-electron chi connectivity index (χ1n) is 7.43. The molecular weight excluding hydrogens is 256 g/mol. The molecular formula is C15H26N2OS. The Balaban J connectivity index is 2.30. The quantitative estimate of drug-likeness (QED) is 0.868. The van der Waals surface area contributed by atoms with Crippen LogP contribution in [0.3, 0.4) is 0 Å². The molecule has 1 aliphatic carbocycles. The van der Waals surface area contributed by atoms with Crippen LogP contribution in [0.4, 0.5) is 0 Å². The summed E-state index contributed by atoms with van der Waals surface area (Å²) in [7, 11) is 2.03. The van der Waals surface area contributed by atoms with E-state index in [0.29, 0.717) is 5.92 Å². The molecule has 2 atom stereocenters. The number of fused-ring (bicyclic) bond motifs is 1. The van der Waals surface area contributed by atoms with Crippen molar-refractivity contribution in [1.29, 1.82) is 0 Å². The van der Waals surface area contributed by atoms with Crippen molar-refractivity contribution in [2.75, 3.05) is 20.2 Å². The van der Waals surface area contributed by atoms with Gasteiger partial charge in [0.25, 0.3) is 0 Å². The van der Waals surface area contributed by atoms with E-state index < -0.39 is 0 Å². The van der Waals surface area contributed by atoms with Gasteiger partial charge in [-0.15, -0.1) is 11.3 Å². The Morgan fingerprint density at radius 1 is 1.47 bits per heavy atom. The molecule has 1 N–H and O–H groups in total. The fourth-order valence-corrected chi connectivity index (χ4v) is 4.17. The van der Waals surface area contributed by atoms with Crippen molar-refractivity contribution in [2.24, 2.45) is 0 Å². The number of nitrogens with zero attached hydrogens (tertiary/aromatic N) is 1. The lowest BCUT2D eigenvalue weighted by atomic mass is 9.91. The largest absolute Gasteiger partial charge is 0.368 e. The molecule has 0 radical (unpaired) electrons. The number of rotatable bonds is 6. The molecule has 1 aromatic rings. The lowest BCUT2D eigenvalue weighted by Gasteiger charge is -2.25. The van der Waals surface area contributed by atoms with Crippen molar-refractivity contribution in [3.05, 3.63) is 15.6 Å². The van der Waals surface area contributed by atoms with Crippen molar-refractivity contribution < 1.29 is 4.74 Å². The Morgan fingerprint density at radius 3 is 2.89 bits per heavy atom. The Kier molecular flexibility index (Phi) is 4.98. The molecule has 0 aromatic carbocycles. The van der Waals surface area contributed by atoms with Crippen LogP contribution in [0.15, 0.2) is 0 Å². The fourth-order valence-electron chi connectivity index (χ4n) is 2.81. The van der Waals surface area contributed by atoms with Crippen molar-refractivity contribution in [3.8, 4) is 0 Å². The molecule has 2 rings (SSSR count). The predicted octanol–water partition coefficient (Wildman–Crippen LogP) is 3.44. The smallest absolute Gasteiger partial charge is 0.125 e. The molecule has 3 nitrogen and oxygen atoms in total. The molecule has 1 aliphatic rings. The van der Waals surface area contributed by atoms with Gasteiger partial charge in [-0.2, -0.15) is 0 Å². The fraction of sp³-hybridized carbons (Fsp3) is 0.800. The normalized spacial score (nSPS) is 22.0. The summed E-state index contributed by atoms with van der Waals surface area (Å²) < 4.78 is 5.97. The lowest BCUT2D eigenvalue weighted by Crippen LogP contribution is -2.25. The van der Waals surface area contributed by atoms with E-state index in [1.807, 2.05) is 18.4 Å². The Morgan fingerprint density at radius 2 is 2.26 bits per heavy atom. The number of likely N-dealkylation sites (N-methyl/N-ethyl adjacent to an activating group) is 1. The van der Waals surface area contributed by atoms with Crippen molar-refractivity contribution in [3.63, 3.8) is 0 Å². The van der Waals surface area contributed by atoms with Gasteiger partial charge >= 0.3 is 0 Å². The second kappa shape index (κ2) is 6.33. The Bertz CT molecular complexity index is 418. The zero-order valence-corrected chi connectivity index (χ0v) is 13.4. The van der Waals surface area contributed by atoms with Gasteiger partial charge in [0.05, 0.1) is 5.69 Å². The summed E-state index contributed by atoms with van der Waals surface area (Å²) in [4.78, 5) is 6.45. The van der Waals surface area contributed by atoms with Crippen molar-refractivity contribution >= 4 is 11.3 Å². The van der Waals surface area contributed by atoms with E-state index in [1.54, 1.807) is 0 Å². The van der Waals surface area contributed by atoms with Crippen LogP contribution in [0.2, 0.25) is 0 Å². The van der Waals surface area contributed by atoms with Crippen molar-refractivity contribution in [1.82, 2.24) is 10.3 Å². The summed E-state index contributed by atoms with van der Waals surface area (Å²) in [5.41, 5.74) is 1.13. The van der Waals surface area contributed by atoms with Crippen LogP contribution in [0.1, 0.15) is 61.5 Å². The van der Waals surface area contributed by atoms with Crippen LogP contribution < -0.4 is 5.32 Å². The monoisotopic (exact) mass is 282 g/mol. The number of nitrogens with one attached hydrogen (secondary N) is 1. The maximum atomic E-state index is 5.97. The second-order valence-electron chi connectivity index (χ2n) is 5.49. The number of aromatic nitrogens is 1. The zero-order chi connectivity index (χ0) is 13.9. The molecule has 0 saturated heterocycles. The number of hydrogen-bond donors (Lipinski definition) is 1. The van der Waals surface area contributed by atoms with E-state index in [2.05, 4.69) is 26.1 Å². The van der Waals surface area contributed by atoms with Gasteiger partial charge in [-0.05, 0) is 46.6 Å². The molecule has 0 spiro atoms. The van der Waals surface area contributed by atoms with Gasteiger partial charge in [0.15, 0.2) is 0 Å². The maximum Gasteiger partial charge on any atom is 0.125 e. The van der Waals surface area contributed by atoms with E-state index >= 15 is 0 Å². The topological polar surface area (TPSA) is 34.1 Å². The summed E-state index contributed by atoms with van der Waals surface area (Å²) in [5.74, 6) is 0.585. The Labute approximate surface area is 120 Å². The van der Waals surface area contributed by atoms with Gasteiger partial charge in [-0.25, -0.2) is 4.98 Å².